The largest absolute Gasteiger partial charge is 0.390 e. The van der Waals surface area contributed by atoms with Crippen LogP contribution in [-0.2, 0) is 4.74 Å². The Labute approximate surface area is 118 Å². The maximum atomic E-state index is 11.0. The Morgan fingerprint density at radius 1 is 1.05 bits per heavy atom. The van der Waals surface area contributed by atoms with Crippen molar-refractivity contribution >= 4 is 0 Å². The lowest BCUT2D eigenvalue weighted by Crippen LogP contribution is -2.49. The van der Waals surface area contributed by atoms with E-state index in [0.29, 0.717) is 5.92 Å². The van der Waals surface area contributed by atoms with Crippen molar-refractivity contribution < 1.29 is 9.84 Å². The summed E-state index contributed by atoms with van der Waals surface area (Å²) in [6.45, 7) is 5.15. The SMILES string of the molecule is CCOC1(C(O)C2CCC(C)CC2)CCCCCC1. The van der Waals surface area contributed by atoms with E-state index >= 15 is 0 Å². The van der Waals surface area contributed by atoms with E-state index in [4.69, 9.17) is 4.74 Å². The predicted molar refractivity (Wildman–Crippen MR) is 79.2 cm³/mol. The van der Waals surface area contributed by atoms with Crippen LogP contribution in [0.2, 0.25) is 0 Å². The molecular formula is C17H32O2. The molecule has 2 saturated carbocycles. The molecule has 0 bridgehead atoms. The summed E-state index contributed by atoms with van der Waals surface area (Å²) in [5.41, 5.74) is -0.226. The third-order valence-corrected chi connectivity index (χ3v) is 5.43. The highest BCUT2D eigenvalue weighted by atomic mass is 16.5. The normalized spacial score (nSPS) is 33.6. The molecule has 0 amide bonds. The maximum absolute atomic E-state index is 11.0. The van der Waals surface area contributed by atoms with Crippen molar-refractivity contribution in [3.05, 3.63) is 0 Å². The second kappa shape index (κ2) is 7.08. The molecule has 0 heterocycles. The fraction of sp³-hybridized carbons (Fsp3) is 1.00. The summed E-state index contributed by atoms with van der Waals surface area (Å²) in [6.07, 6.45) is 11.9. The molecule has 0 saturated heterocycles. The van der Waals surface area contributed by atoms with Crippen LogP contribution in [0.5, 0.6) is 0 Å². The molecule has 0 aliphatic heterocycles. The number of aliphatic hydroxyl groups excluding tert-OH is 1. The Balaban J connectivity index is 2.04. The van der Waals surface area contributed by atoms with Crippen LogP contribution in [0, 0.1) is 11.8 Å². The van der Waals surface area contributed by atoms with Crippen LogP contribution in [-0.4, -0.2) is 23.4 Å². The van der Waals surface area contributed by atoms with Gasteiger partial charge in [-0.15, -0.1) is 0 Å². The van der Waals surface area contributed by atoms with Gasteiger partial charge in [0.15, 0.2) is 0 Å². The molecule has 2 fully saturated rings. The summed E-state index contributed by atoms with van der Waals surface area (Å²) in [5, 5.41) is 11.0. The minimum atomic E-state index is -0.238. The van der Waals surface area contributed by atoms with E-state index < -0.39 is 0 Å². The molecule has 0 aromatic carbocycles. The molecule has 0 spiro atoms. The zero-order valence-electron chi connectivity index (χ0n) is 12.9. The molecule has 2 aliphatic carbocycles. The number of rotatable bonds is 4. The second-order valence-corrected chi connectivity index (χ2v) is 6.88. The summed E-state index contributed by atoms with van der Waals surface area (Å²) in [4.78, 5) is 0. The van der Waals surface area contributed by atoms with E-state index in [1.807, 2.05) is 0 Å². The first-order chi connectivity index (χ1) is 9.18. The Morgan fingerprint density at radius 2 is 1.63 bits per heavy atom. The third kappa shape index (κ3) is 3.72. The van der Waals surface area contributed by atoms with Crippen LogP contribution in [0.15, 0.2) is 0 Å². The van der Waals surface area contributed by atoms with Crippen LogP contribution in [0.1, 0.15) is 78.1 Å². The molecule has 0 aromatic rings. The van der Waals surface area contributed by atoms with Crippen LogP contribution in [0.25, 0.3) is 0 Å². The first-order valence-electron chi connectivity index (χ1n) is 8.50. The predicted octanol–water partition coefficient (Wildman–Crippen LogP) is 4.30. The van der Waals surface area contributed by atoms with Crippen molar-refractivity contribution in [2.24, 2.45) is 11.8 Å². The molecule has 112 valence electrons. The van der Waals surface area contributed by atoms with Crippen molar-refractivity contribution in [3.63, 3.8) is 0 Å². The molecule has 0 radical (unpaired) electrons. The minimum absolute atomic E-state index is 0.226. The van der Waals surface area contributed by atoms with Crippen molar-refractivity contribution in [3.8, 4) is 0 Å². The van der Waals surface area contributed by atoms with Crippen LogP contribution in [0.3, 0.4) is 0 Å². The maximum Gasteiger partial charge on any atom is 0.0942 e. The Bertz CT molecular complexity index is 248. The zero-order chi connectivity index (χ0) is 13.7. The second-order valence-electron chi connectivity index (χ2n) is 6.88. The van der Waals surface area contributed by atoms with Gasteiger partial charge in [-0.3, -0.25) is 0 Å². The van der Waals surface area contributed by atoms with Gasteiger partial charge in [-0.1, -0.05) is 45.4 Å². The first kappa shape index (κ1) is 15.3. The van der Waals surface area contributed by atoms with Gasteiger partial charge >= 0.3 is 0 Å². The molecule has 1 atom stereocenters. The fourth-order valence-electron chi connectivity index (χ4n) is 4.17. The van der Waals surface area contributed by atoms with Gasteiger partial charge in [0.05, 0.1) is 11.7 Å². The monoisotopic (exact) mass is 268 g/mol. The summed E-state index contributed by atoms with van der Waals surface area (Å²) in [5.74, 6) is 1.32. The quantitative estimate of drug-likeness (QED) is 0.770. The lowest BCUT2D eigenvalue weighted by atomic mass is 9.73. The first-order valence-corrected chi connectivity index (χ1v) is 8.50. The number of ether oxygens (including phenoxy) is 1. The van der Waals surface area contributed by atoms with Crippen LogP contribution < -0.4 is 0 Å². The van der Waals surface area contributed by atoms with E-state index in [2.05, 4.69) is 13.8 Å². The number of aliphatic hydroxyl groups is 1. The Morgan fingerprint density at radius 3 is 2.16 bits per heavy atom. The van der Waals surface area contributed by atoms with Gasteiger partial charge in [0.25, 0.3) is 0 Å². The van der Waals surface area contributed by atoms with E-state index in [-0.39, 0.29) is 11.7 Å². The van der Waals surface area contributed by atoms with Gasteiger partial charge in [-0.2, -0.15) is 0 Å². The topological polar surface area (TPSA) is 29.5 Å². The fourth-order valence-corrected chi connectivity index (χ4v) is 4.17. The smallest absolute Gasteiger partial charge is 0.0942 e. The highest BCUT2D eigenvalue weighted by Crippen LogP contribution is 2.41. The van der Waals surface area contributed by atoms with Crippen LogP contribution >= 0.6 is 0 Å². The Hall–Kier alpha value is -0.0800. The van der Waals surface area contributed by atoms with Gasteiger partial charge < -0.3 is 9.84 Å². The van der Waals surface area contributed by atoms with Gasteiger partial charge in [0, 0.05) is 6.61 Å². The molecule has 1 N–H and O–H groups in total. The van der Waals surface area contributed by atoms with E-state index in [1.54, 1.807) is 0 Å². The molecule has 2 rings (SSSR count). The van der Waals surface area contributed by atoms with Gasteiger partial charge in [-0.05, 0) is 44.4 Å². The summed E-state index contributed by atoms with van der Waals surface area (Å²) < 4.78 is 6.14. The molecule has 2 heteroatoms. The molecule has 0 aromatic heterocycles. The average Bonchev–Trinajstić information content (AvgIpc) is 2.66. The van der Waals surface area contributed by atoms with Crippen molar-refractivity contribution in [1.29, 1.82) is 0 Å². The van der Waals surface area contributed by atoms with E-state index in [9.17, 15) is 5.11 Å². The lowest BCUT2D eigenvalue weighted by molar-refractivity contribution is -0.152. The molecule has 1 unspecified atom stereocenters. The summed E-state index contributed by atoms with van der Waals surface area (Å²) in [6, 6.07) is 0. The minimum Gasteiger partial charge on any atom is -0.390 e. The molecule has 2 aliphatic rings. The van der Waals surface area contributed by atoms with E-state index in [1.165, 1.54) is 51.4 Å². The van der Waals surface area contributed by atoms with Crippen LogP contribution in [0.4, 0.5) is 0 Å². The number of hydrogen-bond donors (Lipinski definition) is 1. The standard InChI is InChI=1S/C17H32O2/c1-3-19-17(12-6-4-5-7-13-17)16(18)15-10-8-14(2)9-11-15/h14-16,18H,3-13H2,1-2H3. The van der Waals surface area contributed by atoms with Crippen molar-refractivity contribution in [1.82, 2.24) is 0 Å². The van der Waals surface area contributed by atoms with Gasteiger partial charge in [0.1, 0.15) is 0 Å². The lowest BCUT2D eigenvalue weighted by Gasteiger charge is -2.43. The molecular weight excluding hydrogens is 236 g/mol. The average molecular weight is 268 g/mol. The van der Waals surface area contributed by atoms with Gasteiger partial charge in [0.2, 0.25) is 0 Å². The number of hydrogen-bond acceptors (Lipinski definition) is 2. The van der Waals surface area contributed by atoms with Gasteiger partial charge in [-0.25, -0.2) is 0 Å². The van der Waals surface area contributed by atoms with Crippen molar-refractivity contribution in [2.45, 2.75) is 89.8 Å². The molecule has 19 heavy (non-hydrogen) atoms. The highest BCUT2D eigenvalue weighted by molar-refractivity contribution is 4.94. The summed E-state index contributed by atoms with van der Waals surface area (Å²) in [7, 11) is 0. The summed E-state index contributed by atoms with van der Waals surface area (Å²) >= 11 is 0. The Kier molecular flexibility index (Phi) is 5.70. The van der Waals surface area contributed by atoms with Crippen molar-refractivity contribution in [2.75, 3.05) is 6.61 Å². The zero-order valence-corrected chi connectivity index (χ0v) is 12.9. The van der Waals surface area contributed by atoms with E-state index in [0.717, 1.165) is 25.4 Å². The third-order valence-electron chi connectivity index (χ3n) is 5.43. The molecule has 2 nitrogen and oxygen atoms in total. The highest BCUT2D eigenvalue weighted by Gasteiger charge is 2.43.